The van der Waals surface area contributed by atoms with Crippen LogP contribution in [0.5, 0.6) is 0 Å². The lowest BCUT2D eigenvalue weighted by atomic mass is 10.2. The van der Waals surface area contributed by atoms with Gasteiger partial charge in [0.05, 0.1) is 11.3 Å². The summed E-state index contributed by atoms with van der Waals surface area (Å²) in [6, 6.07) is 2.77. The number of nitrogens with zero attached hydrogens (tertiary/aromatic N) is 2. The third-order valence-electron chi connectivity index (χ3n) is 2.66. The Morgan fingerprint density at radius 3 is 2.95 bits per heavy atom. The average molecular weight is 306 g/mol. The number of aromatic carboxylic acids is 1. The third kappa shape index (κ3) is 3.60. The van der Waals surface area contributed by atoms with E-state index < -0.39 is 5.97 Å². The number of hydrogen-bond donors (Lipinski definition) is 3. The number of pyridine rings is 1. The van der Waals surface area contributed by atoms with Crippen LogP contribution in [0.15, 0.2) is 33.3 Å². The Labute approximate surface area is 124 Å². The number of nitrogens with two attached hydrogens (primary N) is 1. The Hall–Kier alpha value is -2.35. The number of anilines is 1. The molecule has 0 radical (unpaired) electrons. The minimum atomic E-state index is -1.13. The van der Waals surface area contributed by atoms with Gasteiger partial charge < -0.3 is 15.8 Å². The number of carbonyl (C=O) groups is 1. The molecular weight excluding hydrogens is 292 g/mol. The molecule has 0 unspecified atom stereocenters. The van der Waals surface area contributed by atoms with E-state index in [9.17, 15) is 9.59 Å². The van der Waals surface area contributed by atoms with Crippen molar-refractivity contribution < 1.29 is 9.90 Å². The van der Waals surface area contributed by atoms with E-state index in [1.54, 1.807) is 0 Å². The third-order valence-corrected chi connectivity index (χ3v) is 3.56. The van der Waals surface area contributed by atoms with E-state index in [4.69, 9.17) is 10.8 Å². The quantitative estimate of drug-likeness (QED) is 0.716. The van der Waals surface area contributed by atoms with Crippen LogP contribution in [0.25, 0.3) is 0 Å². The second kappa shape index (κ2) is 6.40. The van der Waals surface area contributed by atoms with Gasteiger partial charge in [-0.2, -0.15) is 0 Å². The summed E-state index contributed by atoms with van der Waals surface area (Å²) in [4.78, 5) is 33.5. The number of carboxylic acid groups (broad SMARTS) is 1. The van der Waals surface area contributed by atoms with Crippen LogP contribution in [-0.2, 0) is 6.42 Å². The van der Waals surface area contributed by atoms with Gasteiger partial charge in [-0.25, -0.2) is 14.8 Å². The SMILES string of the molecule is CCCc1cc(=O)[nH]c(Sc2nccc(C(=O)O)c2N)n1. The minimum Gasteiger partial charge on any atom is -0.478 e. The summed E-state index contributed by atoms with van der Waals surface area (Å²) in [5.41, 5.74) is 6.23. The lowest BCUT2D eigenvalue weighted by Gasteiger charge is -2.07. The maximum Gasteiger partial charge on any atom is 0.337 e. The molecule has 8 heteroatoms. The molecule has 0 saturated carbocycles. The molecule has 0 aliphatic carbocycles. The Morgan fingerprint density at radius 1 is 1.52 bits per heavy atom. The lowest BCUT2D eigenvalue weighted by Crippen LogP contribution is -2.10. The van der Waals surface area contributed by atoms with Gasteiger partial charge in [-0.3, -0.25) is 4.79 Å². The molecule has 7 nitrogen and oxygen atoms in total. The summed E-state index contributed by atoms with van der Waals surface area (Å²) in [6.07, 6.45) is 2.92. The smallest absolute Gasteiger partial charge is 0.337 e. The Bertz CT molecular complexity index is 730. The molecule has 0 bridgehead atoms. The molecular formula is C13H14N4O3S. The highest BCUT2D eigenvalue weighted by molar-refractivity contribution is 7.99. The fourth-order valence-electron chi connectivity index (χ4n) is 1.73. The summed E-state index contributed by atoms with van der Waals surface area (Å²) in [6.45, 7) is 1.99. The van der Waals surface area contributed by atoms with Crippen molar-refractivity contribution in [1.29, 1.82) is 0 Å². The van der Waals surface area contributed by atoms with Gasteiger partial charge in [-0.1, -0.05) is 13.3 Å². The van der Waals surface area contributed by atoms with Crippen LogP contribution in [-0.4, -0.2) is 26.0 Å². The molecule has 0 aliphatic heterocycles. The molecule has 0 fully saturated rings. The maximum absolute atomic E-state index is 11.6. The van der Waals surface area contributed by atoms with E-state index in [1.165, 1.54) is 18.3 Å². The molecule has 0 aromatic carbocycles. The maximum atomic E-state index is 11.6. The Balaban J connectivity index is 2.36. The van der Waals surface area contributed by atoms with Crippen LogP contribution in [0.1, 0.15) is 29.4 Å². The number of H-pyrrole nitrogens is 1. The van der Waals surface area contributed by atoms with Crippen molar-refractivity contribution in [2.24, 2.45) is 0 Å². The zero-order chi connectivity index (χ0) is 15.4. The fourth-order valence-corrected chi connectivity index (χ4v) is 2.56. The van der Waals surface area contributed by atoms with Gasteiger partial charge in [0.2, 0.25) is 0 Å². The molecule has 2 heterocycles. The summed E-state index contributed by atoms with van der Waals surface area (Å²) in [7, 11) is 0. The van der Waals surface area contributed by atoms with Gasteiger partial charge in [0.25, 0.3) is 5.56 Å². The molecule has 0 saturated heterocycles. The van der Waals surface area contributed by atoms with Gasteiger partial charge in [0.15, 0.2) is 5.16 Å². The molecule has 0 spiro atoms. The highest BCUT2D eigenvalue weighted by Gasteiger charge is 2.14. The summed E-state index contributed by atoms with van der Waals surface area (Å²) in [5.74, 6) is -1.13. The van der Waals surface area contributed by atoms with Crippen molar-refractivity contribution in [3.05, 3.63) is 39.9 Å². The average Bonchev–Trinajstić information content (AvgIpc) is 2.40. The predicted molar refractivity (Wildman–Crippen MR) is 78.6 cm³/mol. The summed E-state index contributed by atoms with van der Waals surface area (Å²) in [5, 5.41) is 9.66. The number of aromatic nitrogens is 3. The number of carboxylic acids is 1. The first-order valence-electron chi connectivity index (χ1n) is 6.27. The van der Waals surface area contributed by atoms with Crippen molar-refractivity contribution in [1.82, 2.24) is 15.0 Å². The number of nitrogens with one attached hydrogen (secondary N) is 1. The molecule has 110 valence electrons. The van der Waals surface area contributed by atoms with Gasteiger partial charge in [0, 0.05) is 18.0 Å². The first kappa shape index (κ1) is 15.0. The first-order chi connectivity index (χ1) is 10.0. The van der Waals surface area contributed by atoms with E-state index >= 15 is 0 Å². The van der Waals surface area contributed by atoms with Gasteiger partial charge in [0.1, 0.15) is 5.03 Å². The van der Waals surface area contributed by atoms with Crippen LogP contribution in [0.4, 0.5) is 5.69 Å². The van der Waals surface area contributed by atoms with Crippen molar-refractivity contribution >= 4 is 23.4 Å². The molecule has 0 aliphatic rings. The summed E-state index contributed by atoms with van der Waals surface area (Å²) < 4.78 is 0. The highest BCUT2D eigenvalue weighted by atomic mass is 32.2. The van der Waals surface area contributed by atoms with Crippen LogP contribution < -0.4 is 11.3 Å². The lowest BCUT2D eigenvalue weighted by molar-refractivity contribution is 0.0697. The van der Waals surface area contributed by atoms with E-state index in [2.05, 4.69) is 15.0 Å². The van der Waals surface area contributed by atoms with Gasteiger partial charge in [-0.15, -0.1) is 0 Å². The van der Waals surface area contributed by atoms with E-state index in [1.807, 2.05) is 6.92 Å². The number of nitrogen functional groups attached to an aromatic ring is 1. The highest BCUT2D eigenvalue weighted by Crippen LogP contribution is 2.29. The topological polar surface area (TPSA) is 122 Å². The molecule has 4 N–H and O–H groups in total. The minimum absolute atomic E-state index is 0.0282. The standard InChI is InChI=1S/C13H14N4O3S/c1-2-3-7-6-9(18)17-13(16-7)21-11-10(14)8(12(19)20)4-5-15-11/h4-6H,2-3,14H2,1H3,(H,19,20)(H,16,17,18). The Kier molecular flexibility index (Phi) is 4.59. The zero-order valence-corrected chi connectivity index (χ0v) is 12.1. The molecule has 2 aromatic rings. The molecule has 21 heavy (non-hydrogen) atoms. The summed E-state index contributed by atoms with van der Waals surface area (Å²) >= 11 is 1.03. The van der Waals surface area contributed by atoms with Gasteiger partial charge >= 0.3 is 5.97 Å². The number of rotatable bonds is 5. The largest absolute Gasteiger partial charge is 0.478 e. The molecule has 0 amide bonds. The second-order valence-corrected chi connectivity index (χ2v) is 5.25. The predicted octanol–water partition coefficient (Wildman–Crippen LogP) is 1.55. The zero-order valence-electron chi connectivity index (χ0n) is 11.3. The Morgan fingerprint density at radius 2 is 2.29 bits per heavy atom. The van der Waals surface area contributed by atoms with Crippen molar-refractivity contribution in [2.75, 3.05) is 5.73 Å². The molecule has 2 aromatic heterocycles. The van der Waals surface area contributed by atoms with Crippen molar-refractivity contribution in [3.63, 3.8) is 0 Å². The number of aryl methyl sites for hydroxylation is 1. The van der Waals surface area contributed by atoms with Crippen LogP contribution in [0.3, 0.4) is 0 Å². The molecule has 2 rings (SSSR count). The van der Waals surface area contributed by atoms with Gasteiger partial charge in [-0.05, 0) is 24.2 Å². The van der Waals surface area contributed by atoms with Crippen LogP contribution >= 0.6 is 11.8 Å². The van der Waals surface area contributed by atoms with E-state index in [0.29, 0.717) is 22.3 Å². The van der Waals surface area contributed by atoms with E-state index in [-0.39, 0.29) is 16.8 Å². The van der Waals surface area contributed by atoms with E-state index in [0.717, 1.165) is 18.2 Å². The van der Waals surface area contributed by atoms with Crippen LogP contribution in [0.2, 0.25) is 0 Å². The monoisotopic (exact) mass is 306 g/mol. The number of aromatic amines is 1. The van der Waals surface area contributed by atoms with Crippen molar-refractivity contribution in [3.8, 4) is 0 Å². The van der Waals surface area contributed by atoms with Crippen molar-refractivity contribution in [2.45, 2.75) is 29.9 Å². The van der Waals surface area contributed by atoms with Crippen LogP contribution in [0, 0.1) is 0 Å². The second-order valence-electron chi connectivity index (χ2n) is 4.28. The fraction of sp³-hybridized carbons (Fsp3) is 0.231. The number of hydrogen-bond acceptors (Lipinski definition) is 6. The first-order valence-corrected chi connectivity index (χ1v) is 7.08. The normalized spacial score (nSPS) is 10.5. The molecule has 0 atom stereocenters.